The minimum absolute atomic E-state index is 0.0161. The minimum Gasteiger partial charge on any atom is -0.356 e. The fourth-order valence-corrected chi connectivity index (χ4v) is 2.16. The number of halogens is 2. The molecule has 102 valence electrons. The Balaban J connectivity index is 2.16. The standard InChI is InChI=1S/C12H18F2N2O2/c1-4-17-8-18-11(6-12(13,14)7-11)10-5-9(2)16(3)15-10/h5H,4,6-8H2,1-3H3. The Morgan fingerprint density at radius 2 is 2.11 bits per heavy atom. The monoisotopic (exact) mass is 260 g/mol. The van der Waals surface area contributed by atoms with Gasteiger partial charge in [0.15, 0.2) is 0 Å². The summed E-state index contributed by atoms with van der Waals surface area (Å²) in [6, 6.07) is 1.79. The highest BCUT2D eigenvalue weighted by molar-refractivity contribution is 5.22. The molecule has 1 aliphatic carbocycles. The molecule has 1 aromatic heterocycles. The molecular formula is C12H18F2N2O2. The molecule has 4 nitrogen and oxygen atoms in total. The van der Waals surface area contributed by atoms with Gasteiger partial charge in [0, 0.05) is 32.2 Å². The molecule has 1 fully saturated rings. The molecule has 0 radical (unpaired) electrons. The van der Waals surface area contributed by atoms with Crippen molar-refractivity contribution in [2.45, 2.75) is 38.2 Å². The van der Waals surface area contributed by atoms with Crippen LogP contribution in [0.4, 0.5) is 8.78 Å². The van der Waals surface area contributed by atoms with E-state index in [1.54, 1.807) is 17.8 Å². The molecule has 0 unspecified atom stereocenters. The van der Waals surface area contributed by atoms with E-state index in [1.165, 1.54) is 0 Å². The SMILES string of the molecule is CCOCOC1(c2cc(C)n(C)n2)CC(F)(F)C1. The summed E-state index contributed by atoms with van der Waals surface area (Å²) in [5.41, 5.74) is 0.484. The topological polar surface area (TPSA) is 36.3 Å². The molecule has 0 atom stereocenters. The molecule has 1 heterocycles. The molecule has 0 N–H and O–H groups in total. The van der Waals surface area contributed by atoms with Crippen molar-refractivity contribution in [1.29, 1.82) is 0 Å². The van der Waals surface area contributed by atoms with E-state index in [0.29, 0.717) is 12.3 Å². The number of ether oxygens (including phenoxy) is 2. The first kappa shape index (κ1) is 13.4. The van der Waals surface area contributed by atoms with Crippen LogP contribution in [0.25, 0.3) is 0 Å². The highest BCUT2D eigenvalue weighted by Gasteiger charge is 2.60. The Kier molecular flexibility index (Phi) is 3.42. The third kappa shape index (κ3) is 2.40. The van der Waals surface area contributed by atoms with Crippen molar-refractivity contribution in [1.82, 2.24) is 9.78 Å². The van der Waals surface area contributed by atoms with E-state index in [4.69, 9.17) is 9.47 Å². The van der Waals surface area contributed by atoms with Crippen molar-refractivity contribution >= 4 is 0 Å². The molecule has 0 spiro atoms. The van der Waals surface area contributed by atoms with Crippen LogP contribution in [0.5, 0.6) is 0 Å². The van der Waals surface area contributed by atoms with Crippen LogP contribution in [0.1, 0.15) is 31.2 Å². The lowest BCUT2D eigenvalue weighted by Crippen LogP contribution is -2.51. The van der Waals surface area contributed by atoms with Gasteiger partial charge in [-0.1, -0.05) is 0 Å². The van der Waals surface area contributed by atoms with Gasteiger partial charge >= 0.3 is 0 Å². The maximum absolute atomic E-state index is 13.2. The molecular weight excluding hydrogens is 242 g/mol. The molecule has 0 bridgehead atoms. The summed E-state index contributed by atoms with van der Waals surface area (Å²) in [7, 11) is 1.78. The van der Waals surface area contributed by atoms with Gasteiger partial charge in [-0.05, 0) is 19.9 Å². The van der Waals surface area contributed by atoms with Gasteiger partial charge in [0.1, 0.15) is 12.4 Å². The first-order valence-corrected chi connectivity index (χ1v) is 5.99. The Hall–Kier alpha value is -1.01. The van der Waals surface area contributed by atoms with E-state index in [0.717, 1.165) is 5.69 Å². The molecule has 2 rings (SSSR count). The van der Waals surface area contributed by atoms with Crippen molar-refractivity contribution in [3.05, 3.63) is 17.5 Å². The Morgan fingerprint density at radius 1 is 1.44 bits per heavy atom. The van der Waals surface area contributed by atoms with E-state index >= 15 is 0 Å². The highest BCUT2D eigenvalue weighted by Crippen LogP contribution is 2.53. The summed E-state index contributed by atoms with van der Waals surface area (Å²) in [5, 5.41) is 4.25. The predicted molar refractivity (Wildman–Crippen MR) is 61.4 cm³/mol. The van der Waals surface area contributed by atoms with E-state index in [1.807, 2.05) is 13.8 Å². The smallest absolute Gasteiger partial charge is 0.254 e. The van der Waals surface area contributed by atoms with E-state index < -0.39 is 11.5 Å². The molecule has 6 heteroatoms. The van der Waals surface area contributed by atoms with Crippen molar-refractivity contribution in [3.63, 3.8) is 0 Å². The third-order valence-corrected chi connectivity index (χ3v) is 3.29. The molecule has 18 heavy (non-hydrogen) atoms. The first-order chi connectivity index (χ1) is 8.38. The summed E-state index contributed by atoms with van der Waals surface area (Å²) >= 11 is 0. The summed E-state index contributed by atoms with van der Waals surface area (Å²) < 4.78 is 38.6. The summed E-state index contributed by atoms with van der Waals surface area (Å²) in [5.74, 6) is -2.67. The van der Waals surface area contributed by atoms with Crippen LogP contribution >= 0.6 is 0 Å². The molecule has 0 aliphatic heterocycles. The van der Waals surface area contributed by atoms with Gasteiger partial charge in [-0.2, -0.15) is 5.10 Å². The van der Waals surface area contributed by atoms with Crippen molar-refractivity contribution in [3.8, 4) is 0 Å². The molecule has 1 aliphatic rings. The van der Waals surface area contributed by atoms with E-state index in [9.17, 15) is 8.78 Å². The third-order valence-electron chi connectivity index (χ3n) is 3.29. The lowest BCUT2D eigenvalue weighted by atomic mass is 9.74. The number of aryl methyl sites for hydroxylation is 2. The maximum atomic E-state index is 13.2. The second-order valence-electron chi connectivity index (χ2n) is 4.75. The van der Waals surface area contributed by atoms with Crippen LogP contribution in [0.2, 0.25) is 0 Å². The van der Waals surface area contributed by atoms with Crippen molar-refractivity contribution in [2.75, 3.05) is 13.4 Å². The van der Waals surface area contributed by atoms with Crippen LogP contribution in [0.15, 0.2) is 6.07 Å². The predicted octanol–water partition coefficient (Wildman–Crippen LogP) is 2.36. The normalized spacial score (nSPS) is 20.7. The number of aromatic nitrogens is 2. The van der Waals surface area contributed by atoms with Crippen LogP contribution in [0, 0.1) is 6.92 Å². The number of nitrogens with zero attached hydrogens (tertiary/aromatic N) is 2. The van der Waals surface area contributed by atoms with Crippen molar-refractivity contribution in [2.24, 2.45) is 7.05 Å². The molecule has 0 saturated heterocycles. The average Bonchev–Trinajstić information content (AvgIpc) is 2.57. The molecule has 0 amide bonds. The summed E-state index contributed by atoms with van der Waals surface area (Å²) in [6.07, 6.45) is -0.660. The minimum atomic E-state index is -2.67. The number of hydrogen-bond donors (Lipinski definition) is 0. The van der Waals surface area contributed by atoms with Gasteiger partial charge in [-0.15, -0.1) is 0 Å². The van der Waals surface area contributed by atoms with Gasteiger partial charge in [0.05, 0.1) is 5.69 Å². The maximum Gasteiger partial charge on any atom is 0.254 e. The molecule has 1 saturated carbocycles. The molecule has 0 aromatic carbocycles. The zero-order chi connectivity index (χ0) is 13.4. The van der Waals surface area contributed by atoms with Crippen LogP contribution < -0.4 is 0 Å². The zero-order valence-corrected chi connectivity index (χ0v) is 10.9. The first-order valence-electron chi connectivity index (χ1n) is 5.99. The lowest BCUT2D eigenvalue weighted by molar-refractivity contribution is -0.264. The van der Waals surface area contributed by atoms with E-state index in [2.05, 4.69) is 5.10 Å². The second kappa shape index (κ2) is 4.59. The van der Waals surface area contributed by atoms with Gasteiger partial charge in [-0.3, -0.25) is 4.68 Å². The fraction of sp³-hybridized carbons (Fsp3) is 0.750. The average molecular weight is 260 g/mol. The van der Waals surface area contributed by atoms with Crippen molar-refractivity contribution < 1.29 is 18.3 Å². The van der Waals surface area contributed by atoms with Crippen LogP contribution in [-0.4, -0.2) is 29.1 Å². The van der Waals surface area contributed by atoms with Crippen LogP contribution in [-0.2, 0) is 22.1 Å². The number of alkyl halides is 2. The second-order valence-corrected chi connectivity index (χ2v) is 4.75. The Labute approximate surface area is 105 Å². The largest absolute Gasteiger partial charge is 0.356 e. The Morgan fingerprint density at radius 3 is 2.56 bits per heavy atom. The molecule has 1 aromatic rings. The number of rotatable bonds is 5. The van der Waals surface area contributed by atoms with Gasteiger partial charge in [0.2, 0.25) is 0 Å². The lowest BCUT2D eigenvalue weighted by Gasteiger charge is -2.45. The van der Waals surface area contributed by atoms with Gasteiger partial charge in [0.25, 0.3) is 5.92 Å². The zero-order valence-electron chi connectivity index (χ0n) is 10.9. The fourth-order valence-electron chi connectivity index (χ4n) is 2.16. The van der Waals surface area contributed by atoms with E-state index in [-0.39, 0.29) is 19.6 Å². The Bertz CT molecular complexity index is 404. The van der Waals surface area contributed by atoms with Gasteiger partial charge in [-0.25, -0.2) is 8.78 Å². The summed E-state index contributed by atoms with van der Waals surface area (Å²) in [6.45, 7) is 4.22. The van der Waals surface area contributed by atoms with Crippen LogP contribution in [0.3, 0.4) is 0 Å². The number of hydrogen-bond acceptors (Lipinski definition) is 3. The highest BCUT2D eigenvalue weighted by atomic mass is 19.3. The van der Waals surface area contributed by atoms with Gasteiger partial charge < -0.3 is 9.47 Å². The quantitative estimate of drug-likeness (QED) is 0.602. The summed E-state index contributed by atoms with van der Waals surface area (Å²) in [4.78, 5) is 0.